The number of nitrogens with zero attached hydrogens (tertiary/aromatic N) is 1. The second-order valence-corrected chi connectivity index (χ2v) is 4.44. The Kier molecular flexibility index (Phi) is 6.99. The number of rotatable bonds is 8. The van der Waals surface area contributed by atoms with Crippen molar-refractivity contribution < 1.29 is 19.8 Å². The minimum atomic E-state index is -0.960. The molecule has 1 rings (SSSR count). The zero-order chi connectivity index (χ0) is 16.4. The number of phenols is 1. The molecular weight excluding hydrogens is 286 g/mol. The maximum Gasteiger partial charge on any atom is 0.305 e. The Labute approximate surface area is 127 Å². The Morgan fingerprint density at radius 3 is 2.50 bits per heavy atom. The molecule has 0 unspecified atom stereocenters. The first-order valence-electron chi connectivity index (χ1n) is 6.64. The van der Waals surface area contributed by atoms with Crippen molar-refractivity contribution in [2.24, 2.45) is 0 Å². The maximum atomic E-state index is 11.7. The molecule has 0 aliphatic rings. The SMILES string of the molecule is N#C/C(=C/NCCC(=O)O)C(=O)NCCc1ccc(O)cc1. The molecule has 0 bridgehead atoms. The predicted molar refractivity (Wildman–Crippen MR) is 78.8 cm³/mol. The van der Waals surface area contributed by atoms with Crippen LogP contribution in [0.25, 0.3) is 0 Å². The summed E-state index contributed by atoms with van der Waals surface area (Å²) in [5, 5.41) is 31.7. The van der Waals surface area contributed by atoms with Gasteiger partial charge in [-0.2, -0.15) is 5.26 Å². The molecular formula is C15H17N3O4. The Bertz CT molecular complexity index is 588. The number of carboxylic acid groups (broad SMARTS) is 1. The summed E-state index contributed by atoms with van der Waals surface area (Å²) in [6.07, 6.45) is 1.67. The maximum absolute atomic E-state index is 11.7. The molecule has 1 aromatic carbocycles. The van der Waals surface area contributed by atoms with E-state index in [1.165, 1.54) is 6.20 Å². The standard InChI is InChI=1S/C15H17N3O4/c16-9-12(10-17-7-6-14(20)21)15(22)18-8-5-11-1-3-13(19)4-2-11/h1-4,10,17,19H,5-8H2,(H,18,22)(H,20,21)/b12-10-. The molecule has 22 heavy (non-hydrogen) atoms. The van der Waals surface area contributed by atoms with Crippen LogP contribution in [0.2, 0.25) is 0 Å². The summed E-state index contributed by atoms with van der Waals surface area (Å²) >= 11 is 0. The molecule has 0 radical (unpaired) electrons. The highest BCUT2D eigenvalue weighted by atomic mass is 16.4. The zero-order valence-electron chi connectivity index (χ0n) is 11.9. The van der Waals surface area contributed by atoms with E-state index in [0.717, 1.165) is 5.56 Å². The number of aliphatic carboxylic acids is 1. The van der Waals surface area contributed by atoms with E-state index in [1.807, 2.05) is 0 Å². The van der Waals surface area contributed by atoms with Gasteiger partial charge in [0.05, 0.1) is 6.42 Å². The molecule has 0 heterocycles. The average molecular weight is 303 g/mol. The van der Waals surface area contributed by atoms with E-state index < -0.39 is 11.9 Å². The van der Waals surface area contributed by atoms with Gasteiger partial charge in [-0.3, -0.25) is 9.59 Å². The molecule has 0 saturated carbocycles. The number of benzene rings is 1. The van der Waals surface area contributed by atoms with Gasteiger partial charge in [-0.05, 0) is 24.1 Å². The fraction of sp³-hybridized carbons (Fsp3) is 0.267. The second kappa shape index (κ2) is 9.02. The third kappa shape index (κ3) is 6.43. The summed E-state index contributed by atoms with van der Waals surface area (Å²) < 4.78 is 0. The van der Waals surface area contributed by atoms with Gasteiger partial charge in [0.1, 0.15) is 17.4 Å². The van der Waals surface area contributed by atoms with Crippen LogP contribution in [-0.4, -0.2) is 35.2 Å². The first-order chi connectivity index (χ1) is 10.5. The zero-order valence-corrected chi connectivity index (χ0v) is 11.9. The smallest absolute Gasteiger partial charge is 0.305 e. The number of carboxylic acids is 1. The van der Waals surface area contributed by atoms with E-state index in [4.69, 9.17) is 15.5 Å². The highest BCUT2D eigenvalue weighted by Crippen LogP contribution is 2.09. The topological polar surface area (TPSA) is 122 Å². The van der Waals surface area contributed by atoms with Crippen LogP contribution in [-0.2, 0) is 16.0 Å². The summed E-state index contributed by atoms with van der Waals surface area (Å²) in [6, 6.07) is 8.36. The van der Waals surface area contributed by atoms with Gasteiger partial charge in [-0.1, -0.05) is 12.1 Å². The fourth-order valence-corrected chi connectivity index (χ4v) is 1.58. The number of nitriles is 1. The van der Waals surface area contributed by atoms with Gasteiger partial charge in [0.2, 0.25) is 0 Å². The van der Waals surface area contributed by atoms with Crippen molar-refractivity contribution in [3.63, 3.8) is 0 Å². The molecule has 7 nitrogen and oxygen atoms in total. The van der Waals surface area contributed by atoms with Crippen molar-refractivity contribution in [3.8, 4) is 11.8 Å². The first-order valence-corrected chi connectivity index (χ1v) is 6.64. The Morgan fingerprint density at radius 2 is 1.91 bits per heavy atom. The van der Waals surface area contributed by atoms with Gasteiger partial charge in [0, 0.05) is 19.3 Å². The number of carbonyl (C=O) groups is 2. The summed E-state index contributed by atoms with van der Waals surface area (Å²) in [6.45, 7) is 0.485. The highest BCUT2D eigenvalue weighted by molar-refractivity contribution is 5.97. The summed E-state index contributed by atoms with van der Waals surface area (Å²) in [5.74, 6) is -1.31. The number of hydrogen-bond acceptors (Lipinski definition) is 5. The average Bonchev–Trinajstić information content (AvgIpc) is 2.49. The van der Waals surface area contributed by atoms with Gasteiger partial charge >= 0.3 is 5.97 Å². The monoisotopic (exact) mass is 303 g/mol. The van der Waals surface area contributed by atoms with Crippen LogP contribution >= 0.6 is 0 Å². The van der Waals surface area contributed by atoms with E-state index in [2.05, 4.69) is 10.6 Å². The molecule has 0 spiro atoms. The van der Waals surface area contributed by atoms with Gasteiger partial charge < -0.3 is 20.8 Å². The van der Waals surface area contributed by atoms with Crippen molar-refractivity contribution in [2.45, 2.75) is 12.8 Å². The number of carbonyl (C=O) groups excluding carboxylic acids is 1. The number of amides is 1. The quantitative estimate of drug-likeness (QED) is 0.315. The van der Waals surface area contributed by atoms with Crippen LogP contribution in [0.15, 0.2) is 36.0 Å². The lowest BCUT2D eigenvalue weighted by molar-refractivity contribution is -0.136. The molecule has 1 aromatic rings. The molecule has 4 N–H and O–H groups in total. The molecule has 1 amide bonds. The lowest BCUT2D eigenvalue weighted by atomic mass is 10.1. The summed E-state index contributed by atoms with van der Waals surface area (Å²) in [4.78, 5) is 22.1. The lowest BCUT2D eigenvalue weighted by Gasteiger charge is -2.05. The highest BCUT2D eigenvalue weighted by Gasteiger charge is 2.08. The molecule has 0 aliphatic heterocycles. The van der Waals surface area contributed by atoms with Crippen LogP contribution in [0.5, 0.6) is 5.75 Å². The third-order valence-electron chi connectivity index (χ3n) is 2.73. The fourth-order valence-electron chi connectivity index (χ4n) is 1.58. The third-order valence-corrected chi connectivity index (χ3v) is 2.73. The van der Waals surface area contributed by atoms with Gasteiger partial charge in [0.25, 0.3) is 5.91 Å². The molecule has 116 valence electrons. The summed E-state index contributed by atoms with van der Waals surface area (Å²) in [5.41, 5.74) is 0.830. The van der Waals surface area contributed by atoms with Crippen LogP contribution in [0.3, 0.4) is 0 Å². The van der Waals surface area contributed by atoms with Crippen molar-refractivity contribution >= 4 is 11.9 Å². The summed E-state index contributed by atoms with van der Waals surface area (Å²) in [7, 11) is 0. The Morgan fingerprint density at radius 1 is 1.23 bits per heavy atom. The number of aromatic hydroxyl groups is 1. The number of hydrogen-bond donors (Lipinski definition) is 4. The molecule has 0 saturated heterocycles. The normalized spacial score (nSPS) is 10.6. The van der Waals surface area contributed by atoms with E-state index in [9.17, 15) is 9.59 Å². The van der Waals surface area contributed by atoms with E-state index in [-0.39, 0.29) is 24.3 Å². The second-order valence-electron chi connectivity index (χ2n) is 4.44. The largest absolute Gasteiger partial charge is 0.508 e. The van der Waals surface area contributed by atoms with Crippen LogP contribution in [0.4, 0.5) is 0 Å². The number of nitrogens with one attached hydrogen (secondary N) is 2. The Balaban J connectivity index is 2.38. The first kappa shape index (κ1) is 17.0. The molecule has 0 aromatic heterocycles. The Hall–Kier alpha value is -3.01. The minimum Gasteiger partial charge on any atom is -0.508 e. The lowest BCUT2D eigenvalue weighted by Crippen LogP contribution is -2.28. The van der Waals surface area contributed by atoms with E-state index in [1.54, 1.807) is 30.3 Å². The molecule has 0 atom stereocenters. The predicted octanol–water partition coefficient (Wildman–Crippen LogP) is 0.523. The van der Waals surface area contributed by atoms with Crippen molar-refractivity contribution in [3.05, 3.63) is 41.6 Å². The van der Waals surface area contributed by atoms with Crippen LogP contribution in [0.1, 0.15) is 12.0 Å². The van der Waals surface area contributed by atoms with Crippen LogP contribution < -0.4 is 10.6 Å². The van der Waals surface area contributed by atoms with Crippen LogP contribution in [0, 0.1) is 11.3 Å². The number of phenolic OH excluding ortho intramolecular Hbond substituents is 1. The van der Waals surface area contributed by atoms with Gasteiger partial charge in [-0.25, -0.2) is 0 Å². The minimum absolute atomic E-state index is 0.0995. The molecule has 7 heteroatoms. The van der Waals surface area contributed by atoms with Crippen molar-refractivity contribution in [1.82, 2.24) is 10.6 Å². The molecule has 0 aliphatic carbocycles. The van der Waals surface area contributed by atoms with E-state index >= 15 is 0 Å². The van der Waals surface area contributed by atoms with Gasteiger partial charge in [-0.15, -0.1) is 0 Å². The van der Waals surface area contributed by atoms with E-state index in [0.29, 0.717) is 13.0 Å². The molecule has 0 fully saturated rings. The van der Waals surface area contributed by atoms with Gasteiger partial charge in [0.15, 0.2) is 0 Å². The van der Waals surface area contributed by atoms with Crippen molar-refractivity contribution in [1.29, 1.82) is 5.26 Å². The van der Waals surface area contributed by atoms with Crippen molar-refractivity contribution in [2.75, 3.05) is 13.1 Å².